The molecule has 2 amide bonds. The van der Waals surface area contributed by atoms with Gasteiger partial charge in [0.2, 0.25) is 0 Å². The van der Waals surface area contributed by atoms with Crippen molar-refractivity contribution in [3.8, 4) is 0 Å². The molecule has 0 saturated carbocycles. The van der Waals surface area contributed by atoms with Crippen molar-refractivity contribution in [2.45, 2.75) is 38.2 Å². The van der Waals surface area contributed by atoms with Gasteiger partial charge in [-0.1, -0.05) is 0 Å². The molecule has 0 radical (unpaired) electrons. The molecule has 0 aromatic rings. The summed E-state index contributed by atoms with van der Waals surface area (Å²) in [4.78, 5) is 11.0. The quantitative estimate of drug-likeness (QED) is 0.777. The average molecular weight is 240 g/mol. The number of urea groups is 1. The summed E-state index contributed by atoms with van der Waals surface area (Å²) in [5.41, 5.74) is 5.02. The van der Waals surface area contributed by atoms with Crippen LogP contribution in [0.5, 0.6) is 0 Å². The molecule has 0 aliphatic heterocycles. The van der Waals surface area contributed by atoms with Gasteiger partial charge < -0.3 is 5.73 Å². The standard InChI is InChI=1S/C7H16N2O3S2/c1-5(2)13(11)9(7(8)10)14(12)6(3)4/h5-6H,1-4H3,(H2,8,10). The van der Waals surface area contributed by atoms with Crippen LogP contribution in [0, 0.1) is 0 Å². The third kappa shape index (κ3) is 3.38. The van der Waals surface area contributed by atoms with E-state index in [1.54, 1.807) is 27.7 Å². The number of nitrogens with zero attached hydrogens (tertiary/aromatic N) is 1. The minimum Gasteiger partial charge on any atom is -0.350 e. The number of hydrogen-bond acceptors (Lipinski definition) is 3. The van der Waals surface area contributed by atoms with Crippen LogP contribution >= 0.6 is 0 Å². The Morgan fingerprint density at radius 2 is 1.36 bits per heavy atom. The Kier molecular flexibility index (Phi) is 5.28. The van der Waals surface area contributed by atoms with E-state index in [1.807, 2.05) is 0 Å². The van der Waals surface area contributed by atoms with Crippen LogP contribution in [0.15, 0.2) is 0 Å². The fraction of sp³-hybridized carbons (Fsp3) is 0.857. The van der Waals surface area contributed by atoms with Gasteiger partial charge in [-0.05, 0) is 27.7 Å². The third-order valence-electron chi connectivity index (χ3n) is 1.31. The zero-order valence-electron chi connectivity index (χ0n) is 8.72. The van der Waals surface area contributed by atoms with E-state index >= 15 is 0 Å². The van der Waals surface area contributed by atoms with Crippen LogP contribution in [0.25, 0.3) is 0 Å². The second kappa shape index (κ2) is 5.45. The maximum atomic E-state index is 11.6. The van der Waals surface area contributed by atoms with Crippen LogP contribution in [-0.4, -0.2) is 28.7 Å². The molecule has 0 saturated heterocycles. The van der Waals surface area contributed by atoms with Gasteiger partial charge in [-0.15, -0.1) is 0 Å². The molecule has 0 fully saturated rings. The predicted molar refractivity (Wildman–Crippen MR) is 58.0 cm³/mol. The molecule has 0 heterocycles. The van der Waals surface area contributed by atoms with E-state index in [2.05, 4.69) is 0 Å². The summed E-state index contributed by atoms with van der Waals surface area (Å²) in [6.45, 7) is 6.68. The summed E-state index contributed by atoms with van der Waals surface area (Å²) in [5, 5.41) is -0.574. The second-order valence-electron chi connectivity index (χ2n) is 3.25. The lowest BCUT2D eigenvalue weighted by atomic mass is 10.6. The molecule has 0 bridgehead atoms. The lowest BCUT2D eigenvalue weighted by Gasteiger charge is -2.21. The van der Waals surface area contributed by atoms with E-state index in [0.717, 1.165) is 3.71 Å². The fourth-order valence-corrected chi connectivity index (χ4v) is 3.37. The summed E-state index contributed by atoms with van der Waals surface area (Å²) in [5.74, 6) is 0. The fourth-order valence-electron chi connectivity index (χ4n) is 0.633. The first-order valence-corrected chi connectivity index (χ1v) is 6.54. The van der Waals surface area contributed by atoms with Crippen molar-refractivity contribution in [2.75, 3.05) is 0 Å². The number of nitrogens with two attached hydrogens (primary N) is 1. The second-order valence-corrected chi connectivity index (χ2v) is 7.20. The van der Waals surface area contributed by atoms with Gasteiger partial charge in [-0.3, -0.25) is 0 Å². The summed E-state index contributed by atoms with van der Waals surface area (Å²) < 4.78 is 23.9. The normalized spacial score (nSPS) is 15.6. The summed E-state index contributed by atoms with van der Waals surface area (Å²) in [6, 6.07) is -0.913. The van der Waals surface area contributed by atoms with Crippen LogP contribution in [-0.2, 0) is 22.0 Å². The van der Waals surface area contributed by atoms with Crippen molar-refractivity contribution in [3.05, 3.63) is 0 Å². The topological polar surface area (TPSA) is 80.5 Å². The highest BCUT2D eigenvalue weighted by atomic mass is 32.3. The summed E-state index contributed by atoms with van der Waals surface area (Å²) in [6.07, 6.45) is 0. The molecular formula is C7H16N2O3S2. The smallest absolute Gasteiger partial charge is 0.339 e. The number of rotatable bonds is 4. The Morgan fingerprint density at radius 3 is 1.50 bits per heavy atom. The Morgan fingerprint density at radius 1 is 1.07 bits per heavy atom. The highest BCUT2D eigenvalue weighted by molar-refractivity contribution is 7.99. The van der Waals surface area contributed by atoms with Crippen LogP contribution in [0.2, 0.25) is 0 Å². The Hall–Kier alpha value is -0.430. The molecule has 14 heavy (non-hydrogen) atoms. The van der Waals surface area contributed by atoms with Crippen molar-refractivity contribution < 1.29 is 13.2 Å². The van der Waals surface area contributed by atoms with Gasteiger partial charge in [0.15, 0.2) is 0 Å². The first kappa shape index (κ1) is 13.6. The van der Waals surface area contributed by atoms with Crippen LogP contribution in [0.1, 0.15) is 27.7 Å². The van der Waals surface area contributed by atoms with E-state index in [1.165, 1.54) is 0 Å². The van der Waals surface area contributed by atoms with Crippen LogP contribution in [0.4, 0.5) is 4.79 Å². The molecule has 2 atom stereocenters. The Balaban J connectivity index is 4.88. The molecule has 0 aromatic heterocycles. The van der Waals surface area contributed by atoms with Crippen molar-refractivity contribution in [3.63, 3.8) is 0 Å². The minimum atomic E-state index is -1.63. The predicted octanol–water partition coefficient (Wildman–Crippen LogP) is 0.511. The van der Waals surface area contributed by atoms with Gasteiger partial charge >= 0.3 is 6.03 Å². The summed E-state index contributed by atoms with van der Waals surface area (Å²) in [7, 11) is -3.26. The summed E-state index contributed by atoms with van der Waals surface area (Å²) >= 11 is 0. The van der Waals surface area contributed by atoms with Crippen LogP contribution in [0.3, 0.4) is 0 Å². The molecule has 7 heteroatoms. The molecule has 5 nitrogen and oxygen atoms in total. The molecule has 2 unspecified atom stereocenters. The van der Waals surface area contributed by atoms with E-state index in [0.29, 0.717) is 0 Å². The number of carbonyl (C=O) groups excluding carboxylic acids is 1. The van der Waals surface area contributed by atoms with Gasteiger partial charge in [0.05, 0.1) is 0 Å². The van der Waals surface area contributed by atoms with E-state index in [-0.39, 0.29) is 10.5 Å². The van der Waals surface area contributed by atoms with Gasteiger partial charge in [0.25, 0.3) is 0 Å². The zero-order chi connectivity index (χ0) is 11.5. The number of amides is 2. The van der Waals surface area contributed by atoms with Gasteiger partial charge in [0, 0.05) is 10.5 Å². The zero-order valence-corrected chi connectivity index (χ0v) is 10.4. The average Bonchev–Trinajstić information content (AvgIpc) is 2.03. The molecule has 0 aromatic carbocycles. The minimum absolute atomic E-state index is 0.287. The number of primary amides is 1. The Bertz CT molecular complexity index is 246. The van der Waals surface area contributed by atoms with Crippen molar-refractivity contribution in [2.24, 2.45) is 5.73 Å². The Labute approximate surface area is 89.2 Å². The SMILES string of the molecule is CC(C)S(=O)N(C(N)=O)S(=O)C(C)C. The van der Waals surface area contributed by atoms with E-state index in [9.17, 15) is 13.2 Å². The molecular weight excluding hydrogens is 224 g/mol. The van der Waals surface area contributed by atoms with Gasteiger partial charge in [-0.2, -0.15) is 3.71 Å². The van der Waals surface area contributed by atoms with Crippen molar-refractivity contribution >= 4 is 28.0 Å². The largest absolute Gasteiger partial charge is 0.350 e. The lowest BCUT2D eigenvalue weighted by Crippen LogP contribution is -2.43. The van der Waals surface area contributed by atoms with Crippen LogP contribution < -0.4 is 5.73 Å². The maximum absolute atomic E-state index is 11.6. The molecule has 2 N–H and O–H groups in total. The van der Waals surface area contributed by atoms with Gasteiger partial charge in [-0.25, -0.2) is 13.2 Å². The van der Waals surface area contributed by atoms with E-state index < -0.39 is 28.0 Å². The molecule has 0 spiro atoms. The molecule has 0 aliphatic carbocycles. The third-order valence-corrected chi connectivity index (χ3v) is 4.82. The van der Waals surface area contributed by atoms with Crippen molar-refractivity contribution in [1.82, 2.24) is 3.71 Å². The van der Waals surface area contributed by atoms with E-state index in [4.69, 9.17) is 5.73 Å². The molecule has 84 valence electrons. The molecule has 0 rings (SSSR count). The highest BCUT2D eigenvalue weighted by Crippen LogP contribution is 2.10. The van der Waals surface area contributed by atoms with Gasteiger partial charge in [0.1, 0.15) is 22.0 Å². The number of hydrogen-bond donors (Lipinski definition) is 1. The number of carbonyl (C=O) groups is 1. The first-order valence-electron chi connectivity index (χ1n) is 4.20. The van der Waals surface area contributed by atoms with Crippen molar-refractivity contribution in [1.29, 1.82) is 0 Å². The lowest BCUT2D eigenvalue weighted by molar-refractivity contribution is 0.245. The monoisotopic (exact) mass is 240 g/mol. The highest BCUT2D eigenvalue weighted by Gasteiger charge is 2.27. The first-order chi connectivity index (χ1) is 6.29. The maximum Gasteiger partial charge on any atom is 0.339 e. The molecule has 0 aliphatic rings.